The van der Waals surface area contributed by atoms with Gasteiger partial charge in [0, 0.05) is 13.0 Å². The summed E-state index contributed by atoms with van der Waals surface area (Å²) in [7, 11) is 0. The van der Waals surface area contributed by atoms with E-state index in [0.29, 0.717) is 0 Å². The molecule has 2 aromatic rings. The largest absolute Gasteiger partial charge is 0.369 e. The lowest BCUT2D eigenvalue weighted by atomic mass is 10.1. The molecule has 0 amide bonds. The van der Waals surface area contributed by atoms with E-state index in [0.717, 1.165) is 47.6 Å². The quantitative estimate of drug-likeness (QED) is 0.834. The van der Waals surface area contributed by atoms with Crippen LogP contribution < -0.4 is 5.32 Å². The molecular formula is C17H22BrN3. The number of halogens is 1. The molecule has 0 aliphatic rings. The molecule has 1 heterocycles. The van der Waals surface area contributed by atoms with Crippen LogP contribution in [0.1, 0.15) is 42.9 Å². The Bertz CT molecular complexity index is 594. The maximum atomic E-state index is 4.68. The Labute approximate surface area is 135 Å². The smallest absolute Gasteiger partial charge is 0.144 e. The maximum Gasteiger partial charge on any atom is 0.144 e. The van der Waals surface area contributed by atoms with Gasteiger partial charge in [-0.15, -0.1) is 0 Å². The Balaban J connectivity index is 2.27. The van der Waals surface area contributed by atoms with Gasteiger partial charge >= 0.3 is 0 Å². The van der Waals surface area contributed by atoms with E-state index >= 15 is 0 Å². The summed E-state index contributed by atoms with van der Waals surface area (Å²) in [6, 6.07) is 8.55. The van der Waals surface area contributed by atoms with E-state index in [4.69, 9.17) is 0 Å². The summed E-state index contributed by atoms with van der Waals surface area (Å²) in [5.41, 5.74) is 3.58. The first-order valence-electron chi connectivity index (χ1n) is 7.48. The number of hydrogen-bond donors (Lipinski definition) is 1. The summed E-state index contributed by atoms with van der Waals surface area (Å²) in [6.07, 6.45) is 2.73. The molecule has 2 rings (SSSR count). The van der Waals surface area contributed by atoms with E-state index in [2.05, 4.69) is 76.3 Å². The zero-order valence-electron chi connectivity index (χ0n) is 12.9. The van der Waals surface area contributed by atoms with E-state index in [1.165, 1.54) is 11.1 Å². The fraction of sp³-hybridized carbons (Fsp3) is 0.412. The van der Waals surface area contributed by atoms with Crippen molar-refractivity contribution in [1.29, 1.82) is 0 Å². The average Bonchev–Trinajstić information content (AvgIpc) is 2.49. The van der Waals surface area contributed by atoms with Crippen LogP contribution in [0.5, 0.6) is 0 Å². The molecule has 0 aliphatic carbocycles. The highest BCUT2D eigenvalue weighted by Crippen LogP contribution is 2.25. The lowest BCUT2D eigenvalue weighted by Gasteiger charge is -2.12. The molecule has 0 spiro atoms. The van der Waals surface area contributed by atoms with E-state index in [1.54, 1.807) is 0 Å². The predicted octanol–water partition coefficient (Wildman–Crippen LogP) is 4.52. The van der Waals surface area contributed by atoms with Gasteiger partial charge in [-0.1, -0.05) is 43.7 Å². The fourth-order valence-electron chi connectivity index (χ4n) is 2.11. The Kier molecular flexibility index (Phi) is 5.74. The van der Waals surface area contributed by atoms with E-state index in [9.17, 15) is 0 Å². The number of benzene rings is 1. The molecule has 112 valence electrons. The standard InChI is InChI=1S/C17H22BrN3/c1-4-10-19-17-16(18)14(5-2)20-15(21-17)11-13-8-6-12(3)7-9-13/h6-9H,4-5,10-11H2,1-3H3,(H,19,20,21). The van der Waals surface area contributed by atoms with Crippen LogP contribution >= 0.6 is 15.9 Å². The van der Waals surface area contributed by atoms with Crippen molar-refractivity contribution in [1.82, 2.24) is 9.97 Å². The minimum Gasteiger partial charge on any atom is -0.369 e. The summed E-state index contributed by atoms with van der Waals surface area (Å²) in [5.74, 6) is 1.78. The molecule has 0 fully saturated rings. The number of rotatable bonds is 6. The topological polar surface area (TPSA) is 37.8 Å². The highest BCUT2D eigenvalue weighted by molar-refractivity contribution is 9.10. The molecule has 0 atom stereocenters. The molecule has 1 aromatic heterocycles. The number of nitrogens with one attached hydrogen (secondary N) is 1. The number of aromatic nitrogens is 2. The second-order valence-electron chi connectivity index (χ2n) is 5.19. The summed E-state index contributed by atoms with van der Waals surface area (Å²) in [4.78, 5) is 9.35. The molecule has 4 heteroatoms. The van der Waals surface area contributed by atoms with Gasteiger partial charge in [-0.05, 0) is 41.3 Å². The van der Waals surface area contributed by atoms with Gasteiger partial charge < -0.3 is 5.32 Å². The van der Waals surface area contributed by atoms with Crippen molar-refractivity contribution in [2.75, 3.05) is 11.9 Å². The SMILES string of the molecule is CCCNc1nc(Cc2ccc(C)cc2)nc(CC)c1Br. The third kappa shape index (κ3) is 4.27. The van der Waals surface area contributed by atoms with Crippen LogP contribution in [0, 0.1) is 6.92 Å². The summed E-state index contributed by atoms with van der Waals surface area (Å²) in [5, 5.41) is 3.37. The molecule has 0 radical (unpaired) electrons. The minimum atomic E-state index is 0.765. The average molecular weight is 348 g/mol. The first-order chi connectivity index (χ1) is 10.1. The monoisotopic (exact) mass is 347 g/mol. The Hall–Kier alpha value is -1.42. The highest BCUT2D eigenvalue weighted by atomic mass is 79.9. The third-order valence-electron chi connectivity index (χ3n) is 3.33. The second-order valence-corrected chi connectivity index (χ2v) is 5.98. The summed E-state index contributed by atoms with van der Waals surface area (Å²) < 4.78 is 0.992. The predicted molar refractivity (Wildman–Crippen MR) is 91.9 cm³/mol. The van der Waals surface area contributed by atoms with Crippen LogP contribution in [-0.4, -0.2) is 16.5 Å². The zero-order valence-corrected chi connectivity index (χ0v) is 14.5. The molecule has 0 bridgehead atoms. The molecule has 21 heavy (non-hydrogen) atoms. The molecule has 0 saturated carbocycles. The van der Waals surface area contributed by atoms with Crippen LogP contribution in [0.15, 0.2) is 28.7 Å². The molecule has 0 unspecified atom stereocenters. The minimum absolute atomic E-state index is 0.765. The van der Waals surface area contributed by atoms with Crippen molar-refractivity contribution in [3.8, 4) is 0 Å². The maximum absolute atomic E-state index is 4.68. The van der Waals surface area contributed by atoms with Crippen molar-refractivity contribution in [2.24, 2.45) is 0 Å². The van der Waals surface area contributed by atoms with Gasteiger partial charge in [0.25, 0.3) is 0 Å². The van der Waals surface area contributed by atoms with Crippen LogP contribution in [0.2, 0.25) is 0 Å². The van der Waals surface area contributed by atoms with E-state index in [-0.39, 0.29) is 0 Å². The molecule has 1 aromatic carbocycles. The van der Waals surface area contributed by atoms with Gasteiger partial charge in [0.15, 0.2) is 0 Å². The second kappa shape index (κ2) is 7.55. The lowest BCUT2D eigenvalue weighted by molar-refractivity contribution is 0.883. The lowest BCUT2D eigenvalue weighted by Crippen LogP contribution is -2.09. The van der Waals surface area contributed by atoms with Crippen molar-refractivity contribution in [3.05, 3.63) is 51.4 Å². The molecule has 0 saturated heterocycles. The van der Waals surface area contributed by atoms with Crippen molar-refractivity contribution < 1.29 is 0 Å². The van der Waals surface area contributed by atoms with Gasteiger partial charge in [-0.2, -0.15) is 0 Å². The van der Waals surface area contributed by atoms with Gasteiger partial charge in [0.1, 0.15) is 11.6 Å². The highest BCUT2D eigenvalue weighted by Gasteiger charge is 2.11. The van der Waals surface area contributed by atoms with Gasteiger partial charge in [-0.25, -0.2) is 9.97 Å². The van der Waals surface area contributed by atoms with Gasteiger partial charge in [0.05, 0.1) is 10.2 Å². The van der Waals surface area contributed by atoms with Crippen LogP contribution in [-0.2, 0) is 12.8 Å². The number of anilines is 1. The Morgan fingerprint density at radius 3 is 2.43 bits per heavy atom. The Morgan fingerprint density at radius 1 is 1.10 bits per heavy atom. The normalized spacial score (nSPS) is 10.7. The third-order valence-corrected chi connectivity index (χ3v) is 4.16. The van der Waals surface area contributed by atoms with Gasteiger partial charge in [-0.3, -0.25) is 0 Å². The van der Waals surface area contributed by atoms with Crippen molar-refractivity contribution >= 4 is 21.7 Å². The van der Waals surface area contributed by atoms with Crippen LogP contribution in [0.25, 0.3) is 0 Å². The van der Waals surface area contributed by atoms with Crippen molar-refractivity contribution in [3.63, 3.8) is 0 Å². The first kappa shape index (κ1) is 16.0. The molecule has 1 N–H and O–H groups in total. The number of hydrogen-bond acceptors (Lipinski definition) is 3. The molecule has 3 nitrogen and oxygen atoms in total. The number of aryl methyl sites for hydroxylation is 2. The van der Waals surface area contributed by atoms with E-state index < -0.39 is 0 Å². The summed E-state index contributed by atoms with van der Waals surface area (Å²) >= 11 is 3.61. The Morgan fingerprint density at radius 2 is 1.81 bits per heavy atom. The van der Waals surface area contributed by atoms with Crippen LogP contribution in [0.3, 0.4) is 0 Å². The van der Waals surface area contributed by atoms with Crippen LogP contribution in [0.4, 0.5) is 5.82 Å². The zero-order chi connectivity index (χ0) is 15.2. The van der Waals surface area contributed by atoms with Crippen molar-refractivity contribution in [2.45, 2.75) is 40.0 Å². The first-order valence-corrected chi connectivity index (χ1v) is 8.28. The molecular weight excluding hydrogens is 326 g/mol. The molecule has 0 aliphatic heterocycles. The van der Waals surface area contributed by atoms with E-state index in [1.807, 2.05) is 0 Å². The fourth-order valence-corrected chi connectivity index (χ4v) is 2.70. The number of nitrogens with zero attached hydrogens (tertiary/aromatic N) is 2. The summed E-state index contributed by atoms with van der Waals surface area (Å²) in [6.45, 7) is 7.28. The van der Waals surface area contributed by atoms with Gasteiger partial charge in [0.2, 0.25) is 0 Å².